The van der Waals surface area contributed by atoms with E-state index in [9.17, 15) is 23.1 Å². The van der Waals surface area contributed by atoms with Crippen LogP contribution in [0.15, 0.2) is 60.0 Å². The highest BCUT2D eigenvalue weighted by Crippen LogP contribution is 2.46. The van der Waals surface area contributed by atoms with E-state index in [1.54, 1.807) is 58.0 Å². The second kappa shape index (κ2) is 13.4. The minimum absolute atomic E-state index is 0.0200. The zero-order valence-electron chi connectivity index (χ0n) is 29.3. The van der Waals surface area contributed by atoms with E-state index in [0.717, 1.165) is 35.2 Å². The molecule has 0 saturated heterocycles. The van der Waals surface area contributed by atoms with Crippen molar-refractivity contribution in [2.24, 2.45) is 7.05 Å². The van der Waals surface area contributed by atoms with Crippen molar-refractivity contribution >= 4 is 33.1 Å². The van der Waals surface area contributed by atoms with E-state index in [4.69, 9.17) is 14.8 Å². The fourth-order valence-electron chi connectivity index (χ4n) is 5.96. The van der Waals surface area contributed by atoms with E-state index in [-0.39, 0.29) is 29.4 Å². The number of hydrogen-bond donors (Lipinski definition) is 1. The van der Waals surface area contributed by atoms with Gasteiger partial charge in [0.15, 0.2) is 5.65 Å². The number of carboxylic acids is 1. The number of rotatable bonds is 12. The van der Waals surface area contributed by atoms with Gasteiger partial charge in [-0.2, -0.15) is 10.2 Å². The summed E-state index contributed by atoms with van der Waals surface area (Å²) in [6.07, 6.45) is 8.91. The SMILES string of the molecule is CCN(Cc1nn(C)cc1-c1cnc2c(c1)c(-c1cn(CCCC(=O)O)nc1C1CC1)cn2S(=O)(=O)c1ccc(C)cc1)C(=O)OC(C)(C)C. The third-order valence-electron chi connectivity index (χ3n) is 8.60. The lowest BCUT2D eigenvalue weighted by Gasteiger charge is -2.26. The summed E-state index contributed by atoms with van der Waals surface area (Å²) in [5, 5.41) is 19.3. The number of aryl methyl sites for hydroxylation is 3. The van der Waals surface area contributed by atoms with Crippen LogP contribution in [0, 0.1) is 6.92 Å². The molecule has 4 aromatic heterocycles. The second-order valence-corrected chi connectivity index (χ2v) is 15.7. The molecule has 1 saturated carbocycles. The van der Waals surface area contributed by atoms with Gasteiger partial charge < -0.3 is 14.7 Å². The van der Waals surface area contributed by atoms with Gasteiger partial charge >= 0.3 is 12.1 Å². The molecule has 13 nitrogen and oxygen atoms in total. The molecule has 50 heavy (non-hydrogen) atoms. The van der Waals surface area contributed by atoms with Crippen LogP contribution < -0.4 is 0 Å². The quantitative estimate of drug-likeness (QED) is 0.157. The number of carboxylic acid groups (broad SMARTS) is 1. The molecule has 0 unspecified atom stereocenters. The van der Waals surface area contributed by atoms with Gasteiger partial charge in [-0.15, -0.1) is 0 Å². The van der Waals surface area contributed by atoms with Crippen LogP contribution in [0.2, 0.25) is 0 Å². The van der Waals surface area contributed by atoms with Gasteiger partial charge in [-0.1, -0.05) is 17.7 Å². The van der Waals surface area contributed by atoms with Gasteiger partial charge in [0, 0.05) is 84.9 Å². The number of hydrogen-bond acceptors (Lipinski definition) is 8. The van der Waals surface area contributed by atoms with E-state index in [1.165, 1.54) is 3.97 Å². The van der Waals surface area contributed by atoms with Crippen molar-refractivity contribution in [1.82, 2.24) is 33.4 Å². The molecule has 6 rings (SSSR count). The number of amides is 1. The summed E-state index contributed by atoms with van der Waals surface area (Å²) >= 11 is 0. The lowest BCUT2D eigenvalue weighted by atomic mass is 10.0. The maximum Gasteiger partial charge on any atom is 0.410 e. The topological polar surface area (TPSA) is 154 Å². The Hall–Kier alpha value is -4.98. The van der Waals surface area contributed by atoms with E-state index >= 15 is 0 Å². The summed E-state index contributed by atoms with van der Waals surface area (Å²) in [4.78, 5) is 30.7. The first kappa shape index (κ1) is 34.9. The number of pyridine rings is 1. The van der Waals surface area contributed by atoms with Crippen molar-refractivity contribution in [2.75, 3.05) is 6.54 Å². The fraction of sp³-hybridized carbons (Fsp3) is 0.417. The summed E-state index contributed by atoms with van der Waals surface area (Å²) in [5.41, 5.74) is 4.94. The van der Waals surface area contributed by atoms with Crippen LogP contribution in [0.5, 0.6) is 0 Å². The maximum atomic E-state index is 14.2. The normalized spacial score (nSPS) is 13.6. The number of aromatic nitrogens is 6. The Morgan fingerprint density at radius 1 is 1.04 bits per heavy atom. The van der Waals surface area contributed by atoms with Crippen LogP contribution in [-0.2, 0) is 39.7 Å². The fourth-order valence-corrected chi connectivity index (χ4v) is 7.29. The molecule has 14 heteroatoms. The molecule has 0 atom stereocenters. The minimum Gasteiger partial charge on any atom is -0.481 e. The molecule has 1 aliphatic rings. The van der Waals surface area contributed by atoms with Crippen molar-refractivity contribution in [2.45, 2.75) is 89.8 Å². The number of fused-ring (bicyclic) bond motifs is 1. The molecule has 1 amide bonds. The van der Waals surface area contributed by atoms with Crippen LogP contribution in [0.3, 0.4) is 0 Å². The molecule has 0 aliphatic heterocycles. The van der Waals surface area contributed by atoms with Crippen molar-refractivity contribution < 1.29 is 27.9 Å². The summed E-state index contributed by atoms with van der Waals surface area (Å²) in [7, 11) is -2.24. The van der Waals surface area contributed by atoms with E-state index in [1.807, 2.05) is 53.1 Å². The molecule has 5 aromatic rings. The Morgan fingerprint density at radius 2 is 1.76 bits per heavy atom. The Kier molecular flexibility index (Phi) is 9.33. The Morgan fingerprint density at radius 3 is 2.40 bits per heavy atom. The van der Waals surface area contributed by atoms with Gasteiger partial charge in [0.05, 0.1) is 22.8 Å². The molecular weight excluding hydrogens is 659 g/mol. The maximum absolute atomic E-state index is 14.2. The second-order valence-electron chi connectivity index (χ2n) is 13.9. The number of carbonyl (C=O) groups excluding carboxylic acids is 1. The predicted octanol–water partition coefficient (Wildman–Crippen LogP) is 6.34. The van der Waals surface area contributed by atoms with Gasteiger partial charge in [-0.05, 0) is 72.1 Å². The standard InChI is InChI=1S/C36H43N7O6S/c1-7-41(35(46)49-36(3,4)5)22-31-28(19-40(6)38-31)25-17-27-29(30-20-42(16-8-9-32(44)45)39-33(30)24-12-13-24)21-43(34(27)37-18-25)50(47,48)26-14-10-23(2)11-15-26/h10-11,14-15,17-21,24H,7-9,12-13,16,22H2,1-6H3,(H,44,45). The zero-order chi connectivity index (χ0) is 36.0. The average molecular weight is 702 g/mol. The minimum atomic E-state index is -4.04. The Bertz CT molecular complexity index is 2170. The first-order valence-electron chi connectivity index (χ1n) is 16.8. The average Bonchev–Trinajstić information content (AvgIpc) is 3.52. The molecule has 1 aliphatic carbocycles. The van der Waals surface area contributed by atoms with Crippen LogP contribution in [0.4, 0.5) is 4.79 Å². The highest BCUT2D eigenvalue weighted by Gasteiger charge is 2.32. The number of benzene rings is 1. The highest BCUT2D eigenvalue weighted by molar-refractivity contribution is 7.90. The van der Waals surface area contributed by atoms with Crippen molar-refractivity contribution in [1.29, 1.82) is 0 Å². The van der Waals surface area contributed by atoms with Crippen LogP contribution >= 0.6 is 0 Å². The molecule has 1 N–H and O–H groups in total. The summed E-state index contributed by atoms with van der Waals surface area (Å²) < 4.78 is 38.6. The monoisotopic (exact) mass is 701 g/mol. The molecule has 264 valence electrons. The van der Waals surface area contributed by atoms with Crippen LogP contribution in [0.1, 0.15) is 76.2 Å². The van der Waals surface area contributed by atoms with Gasteiger partial charge in [0.1, 0.15) is 5.60 Å². The third kappa shape index (κ3) is 7.30. The molecule has 1 fully saturated rings. The first-order valence-corrected chi connectivity index (χ1v) is 18.2. The summed E-state index contributed by atoms with van der Waals surface area (Å²) in [5.74, 6) is -0.641. The highest BCUT2D eigenvalue weighted by atomic mass is 32.2. The molecule has 4 heterocycles. The Balaban J connectivity index is 1.49. The lowest BCUT2D eigenvalue weighted by molar-refractivity contribution is -0.137. The summed E-state index contributed by atoms with van der Waals surface area (Å²) in [6, 6.07) is 8.62. The first-order chi connectivity index (χ1) is 23.6. The van der Waals surface area contributed by atoms with Gasteiger partial charge in [-0.3, -0.25) is 14.2 Å². The molecular formula is C36H43N7O6S. The Labute approximate surface area is 291 Å². The van der Waals surface area contributed by atoms with Crippen LogP contribution in [-0.4, -0.2) is 71.1 Å². The summed E-state index contributed by atoms with van der Waals surface area (Å²) in [6.45, 7) is 10.3. The van der Waals surface area contributed by atoms with E-state index in [0.29, 0.717) is 41.7 Å². The molecule has 0 bridgehead atoms. The van der Waals surface area contributed by atoms with E-state index < -0.39 is 27.7 Å². The van der Waals surface area contributed by atoms with Crippen molar-refractivity contribution in [3.05, 3.63) is 72.1 Å². The van der Waals surface area contributed by atoms with Gasteiger partial charge in [0.2, 0.25) is 0 Å². The number of carbonyl (C=O) groups is 2. The lowest BCUT2D eigenvalue weighted by Crippen LogP contribution is -2.36. The smallest absolute Gasteiger partial charge is 0.410 e. The van der Waals surface area contributed by atoms with Gasteiger partial charge in [0.25, 0.3) is 10.0 Å². The molecule has 0 radical (unpaired) electrons. The third-order valence-corrected chi connectivity index (χ3v) is 10.3. The zero-order valence-corrected chi connectivity index (χ0v) is 30.1. The van der Waals surface area contributed by atoms with E-state index in [2.05, 4.69) is 5.10 Å². The van der Waals surface area contributed by atoms with Crippen LogP contribution in [0.25, 0.3) is 33.3 Å². The van der Waals surface area contributed by atoms with Crippen molar-refractivity contribution in [3.8, 4) is 22.3 Å². The van der Waals surface area contributed by atoms with Gasteiger partial charge in [-0.25, -0.2) is 22.2 Å². The number of nitrogens with zero attached hydrogens (tertiary/aromatic N) is 7. The number of ether oxygens (including phenoxy) is 1. The molecule has 0 spiro atoms. The predicted molar refractivity (Wildman–Crippen MR) is 188 cm³/mol. The van der Waals surface area contributed by atoms with Crippen molar-refractivity contribution in [3.63, 3.8) is 0 Å². The number of aliphatic carboxylic acids is 1. The molecule has 1 aromatic carbocycles. The largest absolute Gasteiger partial charge is 0.481 e.